The van der Waals surface area contributed by atoms with Gasteiger partial charge in [0.05, 0.1) is 6.20 Å². The molecule has 0 spiro atoms. The lowest BCUT2D eigenvalue weighted by Crippen LogP contribution is -2.01. The summed E-state index contributed by atoms with van der Waals surface area (Å²) in [4.78, 5) is 3.03. The van der Waals surface area contributed by atoms with E-state index in [2.05, 4.69) is 10.3 Å². The van der Waals surface area contributed by atoms with Crippen molar-refractivity contribution in [3.05, 3.63) is 46.5 Å². The number of hydrogen-bond acceptors (Lipinski definition) is 3. The smallest absolute Gasteiger partial charge is 0.357 e. The van der Waals surface area contributed by atoms with Crippen LogP contribution in [0.4, 0.5) is 18.3 Å². The topological polar surface area (TPSA) is 24.9 Å². The second-order valence-corrected chi connectivity index (χ2v) is 4.84. The van der Waals surface area contributed by atoms with E-state index in [0.29, 0.717) is 17.9 Å². The number of hydrogen-bond donors (Lipinski definition) is 1. The Balaban J connectivity index is 2.03. The number of halogens is 3. The minimum Gasteiger partial charge on any atom is -0.357 e. The second-order valence-electron chi connectivity index (χ2n) is 3.81. The van der Waals surface area contributed by atoms with Gasteiger partial charge in [-0.3, -0.25) is 0 Å². The van der Waals surface area contributed by atoms with Crippen molar-refractivity contribution in [1.82, 2.24) is 4.98 Å². The van der Waals surface area contributed by atoms with Crippen molar-refractivity contribution in [2.24, 2.45) is 0 Å². The molecule has 2 nitrogen and oxygen atoms in total. The molecule has 0 saturated heterocycles. The van der Waals surface area contributed by atoms with Gasteiger partial charge in [-0.25, -0.2) is 4.98 Å². The van der Waals surface area contributed by atoms with Crippen molar-refractivity contribution >= 4 is 16.5 Å². The van der Waals surface area contributed by atoms with E-state index in [0.717, 1.165) is 17.3 Å². The minimum atomic E-state index is -4.32. The van der Waals surface area contributed by atoms with E-state index in [-0.39, 0.29) is 5.13 Å². The van der Waals surface area contributed by atoms with Gasteiger partial charge in [-0.2, -0.15) is 13.2 Å². The van der Waals surface area contributed by atoms with Crippen LogP contribution in [0, 0.1) is 6.92 Å². The summed E-state index contributed by atoms with van der Waals surface area (Å²) in [5.41, 5.74) is 2.14. The van der Waals surface area contributed by atoms with Gasteiger partial charge in [-0.05, 0) is 18.1 Å². The summed E-state index contributed by atoms with van der Waals surface area (Å²) in [6.45, 7) is 2.43. The molecule has 2 rings (SSSR count). The third-order valence-corrected chi connectivity index (χ3v) is 3.48. The van der Waals surface area contributed by atoms with Crippen molar-refractivity contribution in [2.75, 3.05) is 5.32 Å². The van der Waals surface area contributed by atoms with Gasteiger partial charge in [-0.15, -0.1) is 0 Å². The molecule has 0 radical (unpaired) electrons. The summed E-state index contributed by atoms with van der Waals surface area (Å²) >= 11 is 0.618. The molecule has 0 aliphatic carbocycles. The zero-order chi connectivity index (χ0) is 13.2. The standard InChI is InChI=1S/C12H11F3N2S/c1-8-4-2-3-5-9(8)6-16-11-17-7-10(18-11)12(13,14)15/h2-5,7H,6H2,1H3,(H,16,17). The molecule has 0 bridgehead atoms. The van der Waals surface area contributed by atoms with Crippen LogP contribution in [0.3, 0.4) is 0 Å². The van der Waals surface area contributed by atoms with Crippen molar-refractivity contribution in [1.29, 1.82) is 0 Å². The van der Waals surface area contributed by atoms with Gasteiger partial charge in [0, 0.05) is 6.54 Å². The summed E-state index contributed by atoms with van der Waals surface area (Å²) < 4.78 is 37.1. The van der Waals surface area contributed by atoms with Crippen molar-refractivity contribution in [2.45, 2.75) is 19.6 Å². The number of aromatic nitrogens is 1. The van der Waals surface area contributed by atoms with Crippen LogP contribution in [0.1, 0.15) is 16.0 Å². The van der Waals surface area contributed by atoms with Gasteiger partial charge in [0.1, 0.15) is 4.88 Å². The van der Waals surface area contributed by atoms with Gasteiger partial charge < -0.3 is 5.32 Å². The highest BCUT2D eigenvalue weighted by molar-refractivity contribution is 7.15. The molecule has 2 aromatic rings. The Kier molecular flexibility index (Phi) is 3.56. The lowest BCUT2D eigenvalue weighted by atomic mass is 10.1. The molecule has 1 aromatic carbocycles. The first-order valence-electron chi connectivity index (χ1n) is 5.28. The molecule has 0 saturated carbocycles. The fraction of sp³-hybridized carbons (Fsp3) is 0.250. The van der Waals surface area contributed by atoms with E-state index in [9.17, 15) is 13.2 Å². The van der Waals surface area contributed by atoms with Gasteiger partial charge in [-0.1, -0.05) is 35.6 Å². The van der Waals surface area contributed by atoms with E-state index >= 15 is 0 Å². The van der Waals surface area contributed by atoms with Crippen LogP contribution in [0.5, 0.6) is 0 Å². The quantitative estimate of drug-likeness (QED) is 0.910. The Labute approximate surface area is 106 Å². The SMILES string of the molecule is Cc1ccccc1CNc1ncc(C(F)(F)F)s1. The van der Waals surface area contributed by atoms with Crippen LogP contribution < -0.4 is 5.32 Å². The van der Waals surface area contributed by atoms with Crippen LogP contribution in [0.15, 0.2) is 30.5 Å². The van der Waals surface area contributed by atoms with E-state index in [4.69, 9.17) is 0 Å². The number of alkyl halides is 3. The van der Waals surface area contributed by atoms with Gasteiger partial charge in [0.15, 0.2) is 5.13 Å². The van der Waals surface area contributed by atoms with Crippen molar-refractivity contribution < 1.29 is 13.2 Å². The molecule has 0 aliphatic heterocycles. The first kappa shape index (κ1) is 12.9. The molecular weight excluding hydrogens is 261 g/mol. The Morgan fingerprint density at radius 2 is 2.00 bits per heavy atom. The number of benzene rings is 1. The lowest BCUT2D eigenvalue weighted by molar-refractivity contribution is -0.134. The number of anilines is 1. The van der Waals surface area contributed by atoms with Crippen LogP contribution in [0.25, 0.3) is 0 Å². The number of rotatable bonds is 3. The first-order chi connectivity index (χ1) is 8.47. The molecule has 1 N–H and O–H groups in total. The fourth-order valence-electron chi connectivity index (χ4n) is 1.47. The molecule has 96 valence electrons. The Hall–Kier alpha value is -1.56. The van der Waals surface area contributed by atoms with Crippen molar-refractivity contribution in [3.8, 4) is 0 Å². The van der Waals surface area contributed by atoms with E-state index < -0.39 is 11.1 Å². The first-order valence-corrected chi connectivity index (χ1v) is 6.10. The van der Waals surface area contributed by atoms with Crippen LogP contribution in [-0.4, -0.2) is 4.98 Å². The predicted molar refractivity (Wildman–Crippen MR) is 65.6 cm³/mol. The summed E-state index contributed by atoms with van der Waals surface area (Å²) in [5, 5.41) is 3.18. The average molecular weight is 272 g/mol. The van der Waals surface area contributed by atoms with Gasteiger partial charge >= 0.3 is 6.18 Å². The lowest BCUT2D eigenvalue weighted by Gasteiger charge is -2.06. The van der Waals surface area contributed by atoms with E-state index in [1.54, 1.807) is 0 Å². The molecule has 0 aliphatic rings. The highest BCUT2D eigenvalue weighted by atomic mass is 32.1. The average Bonchev–Trinajstić information content (AvgIpc) is 2.76. The molecule has 0 amide bonds. The van der Waals surface area contributed by atoms with Crippen LogP contribution in [0.2, 0.25) is 0 Å². The summed E-state index contributed by atoms with van der Waals surface area (Å²) in [6, 6.07) is 7.71. The molecule has 6 heteroatoms. The minimum absolute atomic E-state index is 0.283. The molecule has 1 heterocycles. The second kappa shape index (κ2) is 4.97. The van der Waals surface area contributed by atoms with Gasteiger partial charge in [0.25, 0.3) is 0 Å². The zero-order valence-electron chi connectivity index (χ0n) is 9.58. The predicted octanol–water partition coefficient (Wildman–Crippen LogP) is 4.08. The molecular formula is C12H11F3N2S. The Bertz CT molecular complexity index is 534. The third kappa shape index (κ3) is 3.01. The molecule has 1 aromatic heterocycles. The summed E-state index contributed by atoms with van der Waals surface area (Å²) in [5.74, 6) is 0. The summed E-state index contributed by atoms with van der Waals surface area (Å²) in [6.07, 6.45) is -3.47. The highest BCUT2D eigenvalue weighted by Gasteiger charge is 2.33. The molecule has 18 heavy (non-hydrogen) atoms. The Morgan fingerprint density at radius 3 is 2.61 bits per heavy atom. The summed E-state index contributed by atoms with van der Waals surface area (Å²) in [7, 11) is 0. The maximum atomic E-state index is 12.4. The molecule has 0 atom stereocenters. The number of aryl methyl sites for hydroxylation is 1. The fourth-order valence-corrected chi connectivity index (χ4v) is 2.15. The number of nitrogens with one attached hydrogen (secondary N) is 1. The maximum absolute atomic E-state index is 12.4. The molecule has 0 unspecified atom stereocenters. The monoisotopic (exact) mass is 272 g/mol. The normalized spacial score (nSPS) is 11.6. The number of nitrogens with zero attached hydrogens (tertiary/aromatic N) is 1. The van der Waals surface area contributed by atoms with Gasteiger partial charge in [0.2, 0.25) is 0 Å². The largest absolute Gasteiger partial charge is 0.427 e. The van der Waals surface area contributed by atoms with Crippen LogP contribution in [-0.2, 0) is 12.7 Å². The third-order valence-electron chi connectivity index (χ3n) is 2.48. The number of thiazole rings is 1. The Morgan fingerprint density at radius 1 is 1.28 bits per heavy atom. The van der Waals surface area contributed by atoms with E-state index in [1.165, 1.54) is 0 Å². The van der Waals surface area contributed by atoms with Crippen molar-refractivity contribution in [3.63, 3.8) is 0 Å². The maximum Gasteiger partial charge on any atom is 0.427 e. The molecule has 0 fully saturated rings. The highest BCUT2D eigenvalue weighted by Crippen LogP contribution is 2.35. The van der Waals surface area contributed by atoms with E-state index in [1.807, 2.05) is 31.2 Å². The van der Waals surface area contributed by atoms with Crippen LogP contribution >= 0.6 is 11.3 Å². The zero-order valence-corrected chi connectivity index (χ0v) is 10.4.